The zero-order chi connectivity index (χ0) is 26.3. The Balaban J connectivity index is 2.82. The highest BCUT2D eigenvalue weighted by Crippen LogP contribution is 2.29. The van der Waals surface area contributed by atoms with E-state index in [-0.39, 0.29) is 11.8 Å². The summed E-state index contributed by atoms with van der Waals surface area (Å²) in [7, 11) is -3.83. The zero-order valence-corrected chi connectivity index (χ0v) is 21.0. The predicted molar refractivity (Wildman–Crippen MR) is 126 cm³/mol. The van der Waals surface area contributed by atoms with Crippen LogP contribution in [0.5, 0.6) is 0 Å². The van der Waals surface area contributed by atoms with E-state index in [2.05, 4.69) is 16.0 Å². The van der Waals surface area contributed by atoms with Gasteiger partial charge in [-0.15, -0.1) is 0 Å². The molecule has 0 bridgehead atoms. The van der Waals surface area contributed by atoms with E-state index in [4.69, 9.17) is 0 Å². The standard InChI is InChI=1S/C22H32N4O7S/c1-7-17(27)16(12-18(28)26-34(6,32)33)25-19(29)13(2)23-20(30)21(31)24-15-11-9-8-10-14(15)22(3,4)5/h8-11,13,16H,7,12H2,1-6H3,(H,23,30)(H,24,31)(H,25,29)(H,26,28)/t13-,16-/m0/s1. The highest BCUT2D eigenvalue weighted by Gasteiger charge is 2.28. The van der Waals surface area contributed by atoms with Crippen molar-refractivity contribution in [2.24, 2.45) is 0 Å². The number of anilines is 1. The first-order chi connectivity index (χ1) is 15.5. The minimum absolute atomic E-state index is 0.0204. The highest BCUT2D eigenvalue weighted by molar-refractivity contribution is 7.89. The second kappa shape index (κ2) is 11.7. The van der Waals surface area contributed by atoms with Crippen LogP contribution >= 0.6 is 0 Å². The van der Waals surface area contributed by atoms with Crippen LogP contribution in [0.1, 0.15) is 53.0 Å². The Morgan fingerprint density at radius 1 is 0.971 bits per heavy atom. The molecule has 0 aromatic heterocycles. The molecule has 11 nitrogen and oxygen atoms in total. The number of carbonyl (C=O) groups excluding carboxylic acids is 5. The average Bonchev–Trinajstić information content (AvgIpc) is 2.70. The van der Waals surface area contributed by atoms with Crippen LogP contribution in [0, 0.1) is 0 Å². The lowest BCUT2D eigenvalue weighted by atomic mass is 9.86. The van der Waals surface area contributed by atoms with Crippen LogP contribution in [0.4, 0.5) is 5.69 Å². The Labute approximate surface area is 199 Å². The van der Waals surface area contributed by atoms with E-state index in [1.54, 1.807) is 16.9 Å². The molecule has 1 aromatic carbocycles. The molecule has 2 atom stereocenters. The molecule has 4 N–H and O–H groups in total. The third kappa shape index (κ3) is 9.30. The van der Waals surface area contributed by atoms with Crippen LogP contribution in [-0.2, 0) is 39.4 Å². The van der Waals surface area contributed by atoms with Crippen molar-refractivity contribution in [2.75, 3.05) is 11.6 Å². The molecule has 12 heteroatoms. The Morgan fingerprint density at radius 2 is 1.56 bits per heavy atom. The Kier molecular flexibility index (Phi) is 9.92. The molecule has 0 aliphatic rings. The summed E-state index contributed by atoms with van der Waals surface area (Å²) in [6.07, 6.45) is 0.159. The number of hydrogen-bond donors (Lipinski definition) is 4. The van der Waals surface area contributed by atoms with Gasteiger partial charge in [0.25, 0.3) is 0 Å². The Hall–Kier alpha value is -3.28. The zero-order valence-electron chi connectivity index (χ0n) is 20.1. The van der Waals surface area contributed by atoms with Crippen LogP contribution in [-0.4, -0.2) is 56.2 Å². The van der Waals surface area contributed by atoms with E-state index < -0.39 is 57.9 Å². The lowest BCUT2D eigenvalue weighted by Crippen LogP contribution is -2.53. The van der Waals surface area contributed by atoms with Crippen molar-refractivity contribution in [1.29, 1.82) is 0 Å². The number of nitrogens with one attached hydrogen (secondary N) is 4. The number of ketones is 1. The van der Waals surface area contributed by atoms with Crippen molar-refractivity contribution in [3.8, 4) is 0 Å². The smallest absolute Gasteiger partial charge is 0.313 e. The second-order valence-corrected chi connectivity index (χ2v) is 10.6. The fraction of sp³-hybridized carbons (Fsp3) is 0.500. The molecule has 0 saturated carbocycles. The largest absolute Gasteiger partial charge is 0.344 e. The number of rotatable bonds is 9. The summed E-state index contributed by atoms with van der Waals surface area (Å²) >= 11 is 0. The molecular weight excluding hydrogens is 464 g/mol. The molecule has 0 unspecified atom stereocenters. The third-order valence-electron chi connectivity index (χ3n) is 4.67. The quantitative estimate of drug-likeness (QED) is 0.358. The molecule has 0 aliphatic heterocycles. The van der Waals surface area contributed by atoms with Gasteiger partial charge in [-0.1, -0.05) is 45.9 Å². The molecule has 0 radical (unpaired) electrons. The molecule has 34 heavy (non-hydrogen) atoms. The normalized spacial score (nSPS) is 13.2. The van der Waals surface area contributed by atoms with Gasteiger partial charge in [0.15, 0.2) is 5.78 Å². The third-order valence-corrected chi connectivity index (χ3v) is 5.27. The lowest BCUT2D eigenvalue weighted by Gasteiger charge is -2.23. The molecule has 0 heterocycles. The first kappa shape index (κ1) is 28.8. The molecule has 0 aliphatic carbocycles. The van der Waals surface area contributed by atoms with Gasteiger partial charge in [-0.2, -0.15) is 0 Å². The van der Waals surface area contributed by atoms with Crippen molar-refractivity contribution >= 4 is 45.1 Å². The van der Waals surface area contributed by atoms with E-state index in [9.17, 15) is 32.4 Å². The second-order valence-electron chi connectivity index (χ2n) is 8.83. The van der Waals surface area contributed by atoms with Gasteiger partial charge in [0.1, 0.15) is 6.04 Å². The number of benzene rings is 1. The van der Waals surface area contributed by atoms with Gasteiger partial charge in [0.2, 0.25) is 21.8 Å². The number of sulfonamides is 1. The van der Waals surface area contributed by atoms with Gasteiger partial charge in [0.05, 0.1) is 18.7 Å². The fourth-order valence-corrected chi connectivity index (χ4v) is 3.47. The summed E-state index contributed by atoms with van der Waals surface area (Å²) in [5.41, 5.74) is 0.977. The number of Topliss-reactive ketones (excluding diaryl/α,β-unsaturated/α-hetero) is 1. The SMILES string of the molecule is CCC(=O)[C@H](CC(=O)NS(C)(=O)=O)NC(=O)[C@H](C)NC(=O)C(=O)Nc1ccccc1C(C)(C)C. The summed E-state index contributed by atoms with van der Waals surface area (Å²) in [6, 6.07) is 4.49. The van der Waals surface area contributed by atoms with Gasteiger partial charge in [-0.3, -0.25) is 28.7 Å². The summed E-state index contributed by atoms with van der Waals surface area (Å²) in [4.78, 5) is 61.2. The number of carbonyl (C=O) groups is 5. The number of amides is 4. The summed E-state index contributed by atoms with van der Waals surface area (Å²) in [5, 5.41) is 7.09. The average molecular weight is 497 g/mol. The topological polar surface area (TPSA) is 168 Å². The molecule has 0 saturated heterocycles. The van der Waals surface area contributed by atoms with Gasteiger partial charge < -0.3 is 16.0 Å². The fourth-order valence-electron chi connectivity index (χ4n) is 2.98. The van der Waals surface area contributed by atoms with E-state index in [0.29, 0.717) is 5.69 Å². The first-order valence-electron chi connectivity index (χ1n) is 10.6. The lowest BCUT2D eigenvalue weighted by molar-refractivity contribution is -0.138. The van der Waals surface area contributed by atoms with E-state index in [1.807, 2.05) is 32.9 Å². The van der Waals surface area contributed by atoms with Crippen LogP contribution in [0.3, 0.4) is 0 Å². The minimum Gasteiger partial charge on any atom is -0.344 e. The molecule has 1 aromatic rings. The number of para-hydroxylation sites is 1. The maximum Gasteiger partial charge on any atom is 0.313 e. The van der Waals surface area contributed by atoms with Gasteiger partial charge >= 0.3 is 11.8 Å². The summed E-state index contributed by atoms with van der Waals surface area (Å²) in [5.74, 6) is -4.35. The van der Waals surface area contributed by atoms with E-state index >= 15 is 0 Å². The monoisotopic (exact) mass is 496 g/mol. The van der Waals surface area contributed by atoms with Crippen LogP contribution in [0.2, 0.25) is 0 Å². The van der Waals surface area contributed by atoms with Crippen molar-refractivity contribution in [3.63, 3.8) is 0 Å². The maximum absolute atomic E-state index is 12.5. The van der Waals surface area contributed by atoms with Crippen molar-refractivity contribution < 1.29 is 32.4 Å². The molecule has 0 fully saturated rings. The number of hydrogen-bond acceptors (Lipinski definition) is 7. The minimum atomic E-state index is -3.83. The van der Waals surface area contributed by atoms with Gasteiger partial charge in [0, 0.05) is 12.1 Å². The molecular formula is C22H32N4O7S. The van der Waals surface area contributed by atoms with Crippen molar-refractivity contribution in [3.05, 3.63) is 29.8 Å². The van der Waals surface area contributed by atoms with Crippen molar-refractivity contribution in [2.45, 2.75) is 65.0 Å². The maximum atomic E-state index is 12.5. The van der Waals surface area contributed by atoms with E-state index in [0.717, 1.165) is 11.8 Å². The Bertz CT molecular complexity index is 1060. The van der Waals surface area contributed by atoms with E-state index in [1.165, 1.54) is 13.8 Å². The van der Waals surface area contributed by atoms with Crippen LogP contribution in [0.15, 0.2) is 24.3 Å². The van der Waals surface area contributed by atoms with Crippen LogP contribution < -0.4 is 20.7 Å². The first-order valence-corrected chi connectivity index (χ1v) is 12.5. The highest BCUT2D eigenvalue weighted by atomic mass is 32.2. The molecule has 1 rings (SSSR count). The predicted octanol–water partition coefficient (Wildman–Crippen LogP) is 0.357. The van der Waals surface area contributed by atoms with Gasteiger partial charge in [-0.05, 0) is 24.0 Å². The molecule has 4 amide bonds. The van der Waals surface area contributed by atoms with Crippen molar-refractivity contribution in [1.82, 2.24) is 15.4 Å². The molecule has 188 valence electrons. The summed E-state index contributed by atoms with van der Waals surface area (Å²) < 4.78 is 24.1. The van der Waals surface area contributed by atoms with Gasteiger partial charge in [-0.25, -0.2) is 8.42 Å². The van der Waals surface area contributed by atoms with Crippen LogP contribution in [0.25, 0.3) is 0 Å². The molecule has 0 spiro atoms. The Morgan fingerprint density at radius 3 is 2.09 bits per heavy atom. The summed E-state index contributed by atoms with van der Waals surface area (Å²) in [6.45, 7) is 8.67.